The van der Waals surface area contributed by atoms with E-state index in [0.29, 0.717) is 0 Å². The van der Waals surface area contributed by atoms with Gasteiger partial charge in [-0.15, -0.1) is 0 Å². The van der Waals surface area contributed by atoms with Crippen LogP contribution in [-0.2, 0) is 12.5 Å². The number of benzene rings is 5. The highest BCUT2D eigenvalue weighted by atomic mass is 16.5. The van der Waals surface area contributed by atoms with Gasteiger partial charge >= 0.3 is 0 Å². The van der Waals surface area contributed by atoms with E-state index in [-0.39, 0.29) is 5.43 Å². The zero-order valence-electron chi connectivity index (χ0n) is 24.1. The lowest BCUT2D eigenvalue weighted by molar-refractivity contribution is 0.434. The Labute approximate surface area is 245 Å². The molecule has 0 saturated carbocycles. The van der Waals surface area contributed by atoms with E-state index in [4.69, 9.17) is 4.74 Å². The Morgan fingerprint density at radius 3 is 1.81 bits per heavy atom. The molecule has 5 aromatic carbocycles. The van der Waals surface area contributed by atoms with Gasteiger partial charge in [0.25, 0.3) is 0 Å². The number of fused-ring (bicyclic) bond motifs is 9. The van der Waals surface area contributed by atoms with Crippen molar-refractivity contribution in [2.75, 3.05) is 4.90 Å². The van der Waals surface area contributed by atoms with Crippen LogP contribution in [0.25, 0.3) is 10.9 Å². The van der Waals surface area contributed by atoms with E-state index in [0.717, 1.165) is 56.2 Å². The smallest absolute Gasteiger partial charge is 0.192 e. The number of para-hydroxylation sites is 2. The molecule has 204 valence electrons. The van der Waals surface area contributed by atoms with Gasteiger partial charge < -0.3 is 14.2 Å². The van der Waals surface area contributed by atoms with Crippen molar-refractivity contribution in [3.05, 3.63) is 158 Å². The molecule has 2 aliphatic rings. The van der Waals surface area contributed by atoms with Crippen LogP contribution in [0.15, 0.2) is 114 Å². The number of aromatic nitrogens is 1. The molecule has 0 atom stereocenters. The Morgan fingerprint density at radius 1 is 0.643 bits per heavy atom. The quantitative estimate of drug-likeness (QED) is 0.206. The van der Waals surface area contributed by atoms with Crippen molar-refractivity contribution in [1.82, 2.24) is 4.57 Å². The highest BCUT2D eigenvalue weighted by molar-refractivity contribution is 5.94. The van der Waals surface area contributed by atoms with Crippen molar-refractivity contribution in [3.63, 3.8) is 0 Å². The van der Waals surface area contributed by atoms with Crippen molar-refractivity contribution in [1.29, 1.82) is 0 Å². The minimum absolute atomic E-state index is 0.0685. The van der Waals surface area contributed by atoms with Gasteiger partial charge in [-0.2, -0.15) is 0 Å². The van der Waals surface area contributed by atoms with E-state index >= 15 is 0 Å². The van der Waals surface area contributed by atoms with Crippen molar-refractivity contribution in [3.8, 4) is 11.5 Å². The van der Waals surface area contributed by atoms with Gasteiger partial charge in [0, 0.05) is 41.0 Å². The molecule has 0 unspecified atom stereocenters. The first-order valence-corrected chi connectivity index (χ1v) is 14.4. The van der Waals surface area contributed by atoms with Crippen LogP contribution < -0.4 is 15.1 Å². The molecule has 2 aliphatic heterocycles. The van der Waals surface area contributed by atoms with Gasteiger partial charge in [0.15, 0.2) is 5.43 Å². The summed E-state index contributed by atoms with van der Waals surface area (Å²) in [7, 11) is 2.00. The molecule has 4 nitrogen and oxygen atoms in total. The summed E-state index contributed by atoms with van der Waals surface area (Å²) in [5.41, 5.74) is 11.3. The SMILES string of the molecule is Cc1ccc2c(c1)C1(c3ccccc3Oc3ccccc31)c1cc(C)ccc1N2c1ccc2c(c1)c(=O)c(C)cn2C. The van der Waals surface area contributed by atoms with Crippen LogP contribution in [-0.4, -0.2) is 4.57 Å². The molecule has 42 heavy (non-hydrogen) atoms. The lowest BCUT2D eigenvalue weighted by atomic mass is 9.61. The maximum atomic E-state index is 13.4. The third-order valence-corrected chi connectivity index (χ3v) is 9.00. The third kappa shape index (κ3) is 3.21. The summed E-state index contributed by atoms with van der Waals surface area (Å²) >= 11 is 0. The molecule has 6 aromatic rings. The van der Waals surface area contributed by atoms with Gasteiger partial charge in [0.1, 0.15) is 11.5 Å². The molecule has 0 radical (unpaired) electrons. The highest BCUT2D eigenvalue weighted by Gasteiger charge is 2.51. The van der Waals surface area contributed by atoms with Gasteiger partial charge in [0.05, 0.1) is 22.3 Å². The van der Waals surface area contributed by atoms with E-state index in [1.165, 1.54) is 22.3 Å². The Kier molecular flexibility index (Phi) is 5.12. The highest BCUT2D eigenvalue weighted by Crippen LogP contribution is 2.62. The van der Waals surface area contributed by atoms with E-state index in [1.807, 2.05) is 36.9 Å². The minimum Gasteiger partial charge on any atom is -0.457 e. The summed E-state index contributed by atoms with van der Waals surface area (Å²) in [5.74, 6) is 1.74. The molecular weight excluding hydrogens is 516 g/mol. The van der Waals surface area contributed by atoms with Crippen LogP contribution in [0, 0.1) is 20.8 Å². The zero-order chi connectivity index (χ0) is 28.7. The molecule has 3 heterocycles. The maximum Gasteiger partial charge on any atom is 0.192 e. The number of anilines is 3. The van der Waals surface area contributed by atoms with E-state index in [2.05, 4.69) is 110 Å². The fraction of sp³-hybridized carbons (Fsp3) is 0.132. The van der Waals surface area contributed by atoms with Gasteiger partial charge in [0.2, 0.25) is 0 Å². The molecule has 0 bridgehead atoms. The summed E-state index contributed by atoms with van der Waals surface area (Å²) in [6.07, 6.45) is 1.91. The lowest BCUT2D eigenvalue weighted by Crippen LogP contribution is -2.40. The number of hydrogen-bond acceptors (Lipinski definition) is 3. The van der Waals surface area contributed by atoms with Gasteiger partial charge in [-0.25, -0.2) is 0 Å². The van der Waals surface area contributed by atoms with E-state index in [9.17, 15) is 4.79 Å². The molecule has 0 aliphatic carbocycles. The lowest BCUT2D eigenvalue weighted by Gasteiger charge is -2.48. The van der Waals surface area contributed by atoms with Crippen molar-refractivity contribution in [2.24, 2.45) is 7.05 Å². The Morgan fingerprint density at radius 2 is 1.21 bits per heavy atom. The summed E-state index contributed by atoms with van der Waals surface area (Å²) in [6.45, 7) is 6.20. The fourth-order valence-electron chi connectivity index (χ4n) is 7.20. The molecule has 4 heteroatoms. The molecule has 0 N–H and O–H groups in total. The van der Waals surface area contributed by atoms with E-state index in [1.54, 1.807) is 0 Å². The van der Waals surface area contributed by atoms with Crippen molar-refractivity contribution >= 4 is 28.0 Å². The second-order valence-electron chi connectivity index (χ2n) is 11.7. The molecular formula is C38H30N2O2. The Bertz CT molecular complexity index is 2060. The largest absolute Gasteiger partial charge is 0.457 e. The molecule has 0 saturated heterocycles. The average molecular weight is 547 g/mol. The average Bonchev–Trinajstić information content (AvgIpc) is 3.00. The van der Waals surface area contributed by atoms with E-state index < -0.39 is 5.41 Å². The van der Waals surface area contributed by atoms with Crippen LogP contribution in [0.4, 0.5) is 17.1 Å². The summed E-state index contributed by atoms with van der Waals surface area (Å²) in [5, 5.41) is 0.722. The Hall–Kier alpha value is -5.09. The number of rotatable bonds is 1. The standard InChI is InChI=1S/C38H30N2O2/c1-23-13-16-33-30(19-23)38(28-9-5-7-11-35(28)42-36-12-8-6-10-29(36)38)31-20-24(2)14-17-34(31)40(33)26-15-18-32-27(21-26)37(41)25(3)22-39(32)4/h5-22H,1-4H3. The first-order valence-electron chi connectivity index (χ1n) is 14.4. The summed E-state index contributed by atoms with van der Waals surface area (Å²) in [4.78, 5) is 15.7. The zero-order valence-corrected chi connectivity index (χ0v) is 24.1. The van der Waals surface area contributed by atoms with Crippen LogP contribution in [0.3, 0.4) is 0 Å². The predicted molar refractivity (Wildman–Crippen MR) is 170 cm³/mol. The number of ether oxygens (including phenoxy) is 1. The maximum absolute atomic E-state index is 13.4. The van der Waals surface area contributed by atoms with Crippen LogP contribution in [0.2, 0.25) is 0 Å². The summed E-state index contributed by atoms with van der Waals surface area (Å²) < 4.78 is 8.57. The molecule has 0 fully saturated rings. The van der Waals surface area contributed by atoms with Gasteiger partial charge in [-0.05, 0) is 74.4 Å². The molecule has 1 spiro atoms. The van der Waals surface area contributed by atoms with Crippen LogP contribution in [0.5, 0.6) is 11.5 Å². The first-order chi connectivity index (χ1) is 20.4. The fourth-order valence-corrected chi connectivity index (χ4v) is 7.20. The monoisotopic (exact) mass is 546 g/mol. The third-order valence-electron chi connectivity index (χ3n) is 9.00. The number of hydrogen-bond donors (Lipinski definition) is 0. The molecule has 8 rings (SSSR count). The number of pyridine rings is 1. The van der Waals surface area contributed by atoms with Crippen molar-refractivity contribution in [2.45, 2.75) is 26.2 Å². The van der Waals surface area contributed by atoms with Gasteiger partial charge in [-0.3, -0.25) is 4.79 Å². The number of aryl methyl sites for hydroxylation is 4. The molecule has 0 amide bonds. The second-order valence-corrected chi connectivity index (χ2v) is 11.7. The first kappa shape index (κ1) is 24.7. The Balaban J connectivity index is 1.53. The summed E-state index contributed by atoms with van der Waals surface area (Å²) in [6, 6.07) is 36.6. The minimum atomic E-state index is -0.589. The van der Waals surface area contributed by atoms with Crippen LogP contribution in [0.1, 0.15) is 38.9 Å². The van der Waals surface area contributed by atoms with Crippen molar-refractivity contribution < 1.29 is 4.74 Å². The van der Waals surface area contributed by atoms with Crippen LogP contribution >= 0.6 is 0 Å². The predicted octanol–water partition coefficient (Wildman–Crippen LogP) is 8.74. The molecule has 1 aromatic heterocycles. The number of nitrogens with zero attached hydrogens (tertiary/aromatic N) is 2. The topological polar surface area (TPSA) is 34.5 Å². The van der Waals surface area contributed by atoms with Gasteiger partial charge in [-0.1, -0.05) is 71.8 Å². The second kappa shape index (κ2) is 8.70. The normalized spacial score (nSPS) is 14.1.